The van der Waals surface area contributed by atoms with Gasteiger partial charge in [-0.15, -0.1) is 0 Å². The number of carbonyl (C=O) groups is 1. The molecular formula is C16H14F3N5O. The Labute approximate surface area is 140 Å². The summed E-state index contributed by atoms with van der Waals surface area (Å²) in [5.74, 6) is -0.370. The van der Waals surface area contributed by atoms with Gasteiger partial charge in [0.1, 0.15) is 12.7 Å². The summed E-state index contributed by atoms with van der Waals surface area (Å²) in [6, 6.07) is 0. The second-order valence-electron chi connectivity index (χ2n) is 6.21. The highest BCUT2D eigenvalue weighted by molar-refractivity contribution is 5.92. The largest absolute Gasteiger partial charge is 0.397 e. The summed E-state index contributed by atoms with van der Waals surface area (Å²) in [4.78, 5) is 30.2. The molecule has 4 heterocycles. The van der Waals surface area contributed by atoms with Crippen LogP contribution in [0.1, 0.15) is 30.0 Å². The van der Waals surface area contributed by atoms with Crippen molar-refractivity contribution in [3.63, 3.8) is 0 Å². The number of rotatable bonds is 2. The molecular weight excluding hydrogens is 335 g/mol. The summed E-state index contributed by atoms with van der Waals surface area (Å²) in [7, 11) is 0. The number of aromatic nitrogens is 3. The first-order valence-corrected chi connectivity index (χ1v) is 7.92. The molecule has 2 aliphatic rings. The van der Waals surface area contributed by atoms with Crippen LogP contribution in [0.4, 0.5) is 19.0 Å². The van der Waals surface area contributed by atoms with E-state index in [1.807, 2.05) is 0 Å². The van der Waals surface area contributed by atoms with E-state index in [1.165, 1.54) is 11.2 Å². The number of fused-ring (bicyclic) bond motifs is 3. The van der Waals surface area contributed by atoms with Crippen molar-refractivity contribution >= 4 is 28.8 Å². The van der Waals surface area contributed by atoms with Gasteiger partial charge in [0.25, 0.3) is 0 Å². The smallest absolute Gasteiger partial charge is 0.342 e. The van der Waals surface area contributed by atoms with Crippen LogP contribution in [0.3, 0.4) is 0 Å². The van der Waals surface area contributed by atoms with Crippen LogP contribution in [0.2, 0.25) is 0 Å². The van der Waals surface area contributed by atoms with Crippen LogP contribution in [0, 0.1) is 0 Å². The van der Waals surface area contributed by atoms with E-state index in [2.05, 4.69) is 19.9 Å². The van der Waals surface area contributed by atoms with Crippen LogP contribution in [0.25, 0.3) is 10.9 Å². The van der Waals surface area contributed by atoms with Gasteiger partial charge < -0.3 is 4.90 Å². The molecule has 9 heteroatoms. The summed E-state index contributed by atoms with van der Waals surface area (Å²) < 4.78 is 37.3. The highest BCUT2D eigenvalue weighted by Crippen LogP contribution is 2.36. The van der Waals surface area contributed by atoms with E-state index in [4.69, 9.17) is 0 Å². The third-order valence-corrected chi connectivity index (χ3v) is 4.58. The van der Waals surface area contributed by atoms with E-state index >= 15 is 0 Å². The van der Waals surface area contributed by atoms with Gasteiger partial charge in [-0.05, 0) is 6.42 Å². The normalized spacial score (nSPS) is 19.6. The molecule has 4 rings (SSSR count). The molecule has 1 saturated heterocycles. The molecule has 1 amide bonds. The number of carbonyl (C=O) groups excluding carboxylic acids is 1. The second kappa shape index (κ2) is 5.75. The fraction of sp³-hybridized carbons (Fsp3) is 0.438. The van der Waals surface area contributed by atoms with Crippen molar-refractivity contribution in [3.05, 3.63) is 23.8 Å². The van der Waals surface area contributed by atoms with Gasteiger partial charge >= 0.3 is 6.18 Å². The molecule has 6 nitrogen and oxygen atoms in total. The Bertz CT molecular complexity index is 880. The summed E-state index contributed by atoms with van der Waals surface area (Å²) in [5, 5.41) is 0.861. The van der Waals surface area contributed by atoms with Gasteiger partial charge in [-0.2, -0.15) is 13.2 Å². The van der Waals surface area contributed by atoms with Crippen LogP contribution >= 0.6 is 0 Å². The van der Waals surface area contributed by atoms with Crippen molar-refractivity contribution in [2.45, 2.75) is 31.4 Å². The van der Waals surface area contributed by atoms with Crippen LogP contribution in [0.5, 0.6) is 0 Å². The summed E-state index contributed by atoms with van der Waals surface area (Å²) in [5.41, 5.74) is 2.39. The van der Waals surface area contributed by atoms with Gasteiger partial charge in [0.05, 0.1) is 17.4 Å². The predicted molar refractivity (Wildman–Crippen MR) is 83.8 cm³/mol. The molecule has 25 heavy (non-hydrogen) atoms. The lowest BCUT2D eigenvalue weighted by Crippen LogP contribution is -2.32. The third-order valence-electron chi connectivity index (χ3n) is 4.58. The topological polar surface area (TPSA) is 71.3 Å². The quantitative estimate of drug-likeness (QED) is 0.835. The lowest BCUT2D eigenvalue weighted by atomic mass is 9.97. The first-order chi connectivity index (χ1) is 11.9. The number of pyridine rings is 1. The van der Waals surface area contributed by atoms with Crippen LogP contribution < -0.4 is 0 Å². The minimum atomic E-state index is -4.49. The lowest BCUT2D eigenvalue weighted by Gasteiger charge is -2.18. The van der Waals surface area contributed by atoms with Gasteiger partial charge in [-0.1, -0.05) is 0 Å². The number of halogens is 3. The molecule has 1 atom stereocenters. The van der Waals surface area contributed by atoms with E-state index in [0.29, 0.717) is 30.7 Å². The fourth-order valence-electron chi connectivity index (χ4n) is 3.46. The van der Waals surface area contributed by atoms with Crippen molar-refractivity contribution in [2.24, 2.45) is 4.99 Å². The van der Waals surface area contributed by atoms with Crippen molar-refractivity contribution in [3.8, 4) is 0 Å². The van der Waals surface area contributed by atoms with E-state index in [-0.39, 0.29) is 12.5 Å². The van der Waals surface area contributed by atoms with E-state index in [1.54, 1.807) is 12.4 Å². The Kier molecular flexibility index (Phi) is 3.66. The standard InChI is InChI=1S/C16H14F3N5O/c17-16(18,19)5-12(25)24-4-2-9(7-24)14-13-10-1-3-20-15(10)21-6-11(13)22-8-23-14/h3,6,8-9H,1-2,4-5,7H2/t9-/m0/s1. The molecule has 130 valence electrons. The molecule has 1 fully saturated rings. The SMILES string of the molecule is O=C(CC(F)(F)F)N1CC[C@H](c2ncnc3cnc4c(c23)CC=N4)C1. The maximum absolute atomic E-state index is 12.4. The van der Waals surface area contributed by atoms with Gasteiger partial charge in [0, 0.05) is 42.6 Å². The molecule has 2 aliphatic heterocycles. The molecule has 0 bridgehead atoms. The number of amides is 1. The van der Waals surface area contributed by atoms with Crippen molar-refractivity contribution < 1.29 is 18.0 Å². The first-order valence-electron chi connectivity index (χ1n) is 7.92. The average Bonchev–Trinajstić information content (AvgIpc) is 3.22. The van der Waals surface area contributed by atoms with Gasteiger partial charge in [-0.3, -0.25) is 4.79 Å². The Hall–Kier alpha value is -2.58. The zero-order chi connectivity index (χ0) is 17.6. The summed E-state index contributed by atoms with van der Waals surface area (Å²) in [6.07, 6.45) is 0.127. The molecule has 0 unspecified atom stereocenters. The van der Waals surface area contributed by atoms with E-state index in [0.717, 1.165) is 16.6 Å². The zero-order valence-electron chi connectivity index (χ0n) is 13.1. The molecule has 0 aromatic carbocycles. The van der Waals surface area contributed by atoms with E-state index < -0.39 is 18.5 Å². The maximum Gasteiger partial charge on any atom is 0.397 e. The Morgan fingerprint density at radius 2 is 2.12 bits per heavy atom. The van der Waals surface area contributed by atoms with Crippen molar-refractivity contribution in [1.82, 2.24) is 19.9 Å². The molecule has 0 radical (unpaired) electrons. The molecule has 2 aromatic rings. The maximum atomic E-state index is 12.4. The predicted octanol–water partition coefficient (Wildman–Crippen LogP) is 2.55. The Morgan fingerprint density at radius 1 is 1.28 bits per heavy atom. The Balaban J connectivity index is 1.64. The number of hydrogen-bond donors (Lipinski definition) is 0. The number of alkyl halides is 3. The van der Waals surface area contributed by atoms with Crippen LogP contribution in [-0.4, -0.2) is 51.2 Å². The highest BCUT2D eigenvalue weighted by atomic mass is 19.4. The molecule has 0 saturated carbocycles. The fourth-order valence-corrected chi connectivity index (χ4v) is 3.46. The molecule has 0 aliphatic carbocycles. The second-order valence-corrected chi connectivity index (χ2v) is 6.21. The highest BCUT2D eigenvalue weighted by Gasteiger charge is 2.37. The summed E-state index contributed by atoms with van der Waals surface area (Å²) in [6.45, 7) is 0.536. The number of nitrogens with zero attached hydrogens (tertiary/aromatic N) is 5. The third kappa shape index (κ3) is 2.94. The minimum Gasteiger partial charge on any atom is -0.342 e. The Morgan fingerprint density at radius 3 is 2.92 bits per heavy atom. The molecule has 2 aromatic heterocycles. The zero-order valence-corrected chi connectivity index (χ0v) is 13.1. The van der Waals surface area contributed by atoms with Crippen LogP contribution in [0.15, 0.2) is 17.5 Å². The number of aliphatic imine (C=N–C) groups is 1. The molecule has 0 spiro atoms. The number of likely N-dealkylation sites (tertiary alicyclic amines) is 1. The van der Waals surface area contributed by atoms with Crippen molar-refractivity contribution in [1.29, 1.82) is 0 Å². The first kappa shape index (κ1) is 15.9. The summed E-state index contributed by atoms with van der Waals surface area (Å²) >= 11 is 0. The van der Waals surface area contributed by atoms with E-state index in [9.17, 15) is 18.0 Å². The average molecular weight is 349 g/mol. The monoisotopic (exact) mass is 349 g/mol. The lowest BCUT2D eigenvalue weighted by molar-refractivity contribution is -0.160. The van der Waals surface area contributed by atoms with Gasteiger partial charge in [-0.25, -0.2) is 19.9 Å². The van der Waals surface area contributed by atoms with Gasteiger partial charge in [0.15, 0.2) is 5.82 Å². The number of hydrogen-bond acceptors (Lipinski definition) is 5. The van der Waals surface area contributed by atoms with Gasteiger partial charge in [0.2, 0.25) is 5.91 Å². The van der Waals surface area contributed by atoms with Crippen molar-refractivity contribution in [2.75, 3.05) is 13.1 Å². The molecule has 0 N–H and O–H groups in total. The minimum absolute atomic E-state index is 0.116. The van der Waals surface area contributed by atoms with Crippen LogP contribution in [-0.2, 0) is 11.2 Å².